The number of urea groups is 1. The number of hydrogen-bond donors (Lipinski definition) is 2. The van der Waals surface area contributed by atoms with Crippen LogP contribution >= 0.6 is 0 Å². The SMILES string of the molecule is CC(C)Cc1nc2c(n1CCNC(=O)N(C)C)CCNC2. The van der Waals surface area contributed by atoms with E-state index in [1.165, 1.54) is 11.4 Å². The minimum atomic E-state index is -0.0453. The number of aromatic nitrogens is 2. The first-order valence-corrected chi connectivity index (χ1v) is 7.72. The molecule has 2 heterocycles. The van der Waals surface area contributed by atoms with Crippen molar-refractivity contribution in [3.05, 3.63) is 17.2 Å². The molecular weight excluding hydrogens is 266 g/mol. The van der Waals surface area contributed by atoms with Crippen LogP contribution in [-0.2, 0) is 25.9 Å². The molecule has 0 radical (unpaired) electrons. The van der Waals surface area contributed by atoms with Crippen molar-refractivity contribution in [2.45, 2.75) is 39.8 Å². The van der Waals surface area contributed by atoms with Gasteiger partial charge in [0.25, 0.3) is 0 Å². The molecule has 0 aromatic carbocycles. The van der Waals surface area contributed by atoms with Crippen LogP contribution in [-0.4, -0.2) is 47.7 Å². The molecule has 0 atom stereocenters. The van der Waals surface area contributed by atoms with Gasteiger partial charge in [0.05, 0.1) is 5.69 Å². The third-order valence-corrected chi connectivity index (χ3v) is 3.67. The predicted molar refractivity (Wildman–Crippen MR) is 83.3 cm³/mol. The highest BCUT2D eigenvalue weighted by atomic mass is 16.2. The molecule has 0 spiro atoms. The molecule has 1 aromatic rings. The molecule has 1 aliphatic heterocycles. The second-order valence-electron chi connectivity index (χ2n) is 6.22. The highest BCUT2D eigenvalue weighted by molar-refractivity contribution is 5.73. The summed E-state index contributed by atoms with van der Waals surface area (Å²) in [6.45, 7) is 7.72. The number of nitrogens with zero attached hydrogens (tertiary/aromatic N) is 3. The molecule has 0 bridgehead atoms. The van der Waals surface area contributed by atoms with Crippen LogP contribution in [0, 0.1) is 5.92 Å². The molecule has 1 aromatic heterocycles. The van der Waals surface area contributed by atoms with Crippen LogP contribution < -0.4 is 10.6 Å². The number of nitrogens with one attached hydrogen (secondary N) is 2. The number of amides is 2. The van der Waals surface area contributed by atoms with E-state index in [4.69, 9.17) is 4.98 Å². The Balaban J connectivity index is 2.08. The van der Waals surface area contributed by atoms with Crippen molar-refractivity contribution in [1.29, 1.82) is 0 Å². The summed E-state index contributed by atoms with van der Waals surface area (Å²) in [7, 11) is 3.51. The molecule has 0 fully saturated rings. The maximum absolute atomic E-state index is 11.6. The highest BCUT2D eigenvalue weighted by Crippen LogP contribution is 2.18. The Labute approximate surface area is 126 Å². The van der Waals surface area contributed by atoms with E-state index in [2.05, 4.69) is 29.0 Å². The summed E-state index contributed by atoms with van der Waals surface area (Å²) in [4.78, 5) is 18.0. The summed E-state index contributed by atoms with van der Waals surface area (Å²) in [6.07, 6.45) is 2.00. The standard InChI is InChI=1S/C15H27N5O/c1-11(2)9-14-18-12-10-16-6-5-13(12)20(14)8-7-17-15(21)19(3)4/h11,16H,5-10H2,1-4H3,(H,17,21). The predicted octanol–water partition coefficient (Wildman–Crippen LogP) is 0.999. The van der Waals surface area contributed by atoms with Crippen LogP contribution in [0.25, 0.3) is 0 Å². The van der Waals surface area contributed by atoms with E-state index in [1.807, 2.05) is 0 Å². The van der Waals surface area contributed by atoms with Crippen LogP contribution in [0.3, 0.4) is 0 Å². The number of carbonyl (C=O) groups excluding carboxylic acids is 1. The third kappa shape index (κ3) is 3.97. The molecule has 0 aliphatic carbocycles. The summed E-state index contributed by atoms with van der Waals surface area (Å²) < 4.78 is 2.31. The van der Waals surface area contributed by atoms with Gasteiger partial charge in [-0.3, -0.25) is 0 Å². The number of carbonyl (C=O) groups is 1. The number of hydrogen-bond acceptors (Lipinski definition) is 3. The number of rotatable bonds is 5. The molecule has 2 N–H and O–H groups in total. The first-order chi connectivity index (χ1) is 9.99. The largest absolute Gasteiger partial charge is 0.336 e. The van der Waals surface area contributed by atoms with Crippen molar-refractivity contribution in [1.82, 2.24) is 25.1 Å². The molecule has 0 unspecified atom stereocenters. The Bertz CT molecular complexity index is 492. The Morgan fingerprint density at radius 1 is 1.48 bits per heavy atom. The summed E-state index contributed by atoms with van der Waals surface area (Å²) in [5.74, 6) is 1.73. The first-order valence-electron chi connectivity index (χ1n) is 7.72. The van der Waals surface area contributed by atoms with Crippen molar-refractivity contribution >= 4 is 6.03 Å². The number of fused-ring (bicyclic) bond motifs is 1. The molecule has 1 aliphatic rings. The number of imidazole rings is 1. The lowest BCUT2D eigenvalue weighted by Crippen LogP contribution is -2.36. The summed E-state index contributed by atoms with van der Waals surface area (Å²) in [6, 6.07) is -0.0453. The van der Waals surface area contributed by atoms with Gasteiger partial charge in [-0.1, -0.05) is 13.8 Å². The van der Waals surface area contributed by atoms with Crippen molar-refractivity contribution in [2.24, 2.45) is 5.92 Å². The Morgan fingerprint density at radius 2 is 2.24 bits per heavy atom. The fourth-order valence-corrected chi connectivity index (χ4v) is 2.64. The van der Waals surface area contributed by atoms with Gasteiger partial charge in [-0.15, -0.1) is 0 Å². The highest BCUT2D eigenvalue weighted by Gasteiger charge is 2.20. The van der Waals surface area contributed by atoms with Gasteiger partial charge in [-0.05, 0) is 5.92 Å². The van der Waals surface area contributed by atoms with Gasteiger partial charge in [0.2, 0.25) is 0 Å². The molecule has 6 nitrogen and oxygen atoms in total. The second kappa shape index (κ2) is 6.93. The van der Waals surface area contributed by atoms with E-state index in [0.717, 1.165) is 38.3 Å². The van der Waals surface area contributed by atoms with Gasteiger partial charge < -0.3 is 20.1 Å². The van der Waals surface area contributed by atoms with Gasteiger partial charge in [0.1, 0.15) is 5.82 Å². The van der Waals surface area contributed by atoms with Crippen LogP contribution in [0.15, 0.2) is 0 Å². The van der Waals surface area contributed by atoms with Crippen molar-refractivity contribution in [3.8, 4) is 0 Å². The van der Waals surface area contributed by atoms with Crippen molar-refractivity contribution < 1.29 is 4.79 Å². The van der Waals surface area contributed by atoms with E-state index in [0.29, 0.717) is 12.5 Å². The molecule has 21 heavy (non-hydrogen) atoms. The van der Waals surface area contributed by atoms with E-state index in [1.54, 1.807) is 19.0 Å². The lowest BCUT2D eigenvalue weighted by atomic mass is 10.1. The summed E-state index contributed by atoms with van der Waals surface area (Å²) in [5.41, 5.74) is 2.51. The zero-order chi connectivity index (χ0) is 15.4. The summed E-state index contributed by atoms with van der Waals surface area (Å²) >= 11 is 0. The Kier molecular flexibility index (Phi) is 5.22. The van der Waals surface area contributed by atoms with Crippen LogP contribution in [0.1, 0.15) is 31.1 Å². The van der Waals surface area contributed by atoms with Gasteiger partial charge >= 0.3 is 6.03 Å². The second-order valence-corrected chi connectivity index (χ2v) is 6.22. The van der Waals surface area contributed by atoms with Gasteiger partial charge in [0.15, 0.2) is 0 Å². The molecule has 0 saturated carbocycles. The molecular formula is C15H27N5O. The average molecular weight is 293 g/mol. The molecule has 118 valence electrons. The van der Waals surface area contributed by atoms with E-state index < -0.39 is 0 Å². The minimum absolute atomic E-state index is 0.0453. The maximum Gasteiger partial charge on any atom is 0.316 e. The first kappa shape index (κ1) is 15.8. The minimum Gasteiger partial charge on any atom is -0.336 e. The van der Waals surface area contributed by atoms with Crippen molar-refractivity contribution in [3.63, 3.8) is 0 Å². The maximum atomic E-state index is 11.6. The zero-order valence-corrected chi connectivity index (χ0v) is 13.6. The smallest absolute Gasteiger partial charge is 0.316 e. The lowest BCUT2D eigenvalue weighted by Gasteiger charge is -2.18. The van der Waals surface area contributed by atoms with Crippen molar-refractivity contribution in [2.75, 3.05) is 27.2 Å². The van der Waals surface area contributed by atoms with Gasteiger partial charge in [-0.25, -0.2) is 9.78 Å². The Morgan fingerprint density at radius 3 is 2.90 bits per heavy atom. The lowest BCUT2D eigenvalue weighted by molar-refractivity contribution is 0.217. The van der Waals surface area contributed by atoms with E-state index in [-0.39, 0.29) is 6.03 Å². The third-order valence-electron chi connectivity index (χ3n) is 3.67. The topological polar surface area (TPSA) is 62.2 Å². The molecule has 2 rings (SSSR count). The fourth-order valence-electron chi connectivity index (χ4n) is 2.64. The fraction of sp³-hybridized carbons (Fsp3) is 0.733. The van der Waals surface area contributed by atoms with Gasteiger partial charge in [0, 0.05) is 58.8 Å². The van der Waals surface area contributed by atoms with E-state index >= 15 is 0 Å². The molecule has 0 saturated heterocycles. The van der Waals surface area contributed by atoms with Crippen LogP contribution in [0.5, 0.6) is 0 Å². The molecule has 6 heteroatoms. The van der Waals surface area contributed by atoms with Crippen LogP contribution in [0.4, 0.5) is 4.79 Å². The average Bonchev–Trinajstić information content (AvgIpc) is 2.75. The summed E-state index contributed by atoms with van der Waals surface area (Å²) in [5, 5.41) is 6.30. The normalized spacial score (nSPS) is 14.1. The monoisotopic (exact) mass is 293 g/mol. The Hall–Kier alpha value is -1.56. The van der Waals surface area contributed by atoms with Gasteiger partial charge in [-0.2, -0.15) is 0 Å². The van der Waals surface area contributed by atoms with E-state index in [9.17, 15) is 4.79 Å². The zero-order valence-electron chi connectivity index (χ0n) is 13.6. The quantitative estimate of drug-likeness (QED) is 0.851. The van der Waals surface area contributed by atoms with Crippen LogP contribution in [0.2, 0.25) is 0 Å². The molecule has 2 amide bonds.